The van der Waals surface area contributed by atoms with Gasteiger partial charge in [-0.15, -0.1) is 0 Å². The summed E-state index contributed by atoms with van der Waals surface area (Å²) in [5.74, 6) is 0.583. The lowest BCUT2D eigenvalue weighted by molar-refractivity contribution is -0.137. The van der Waals surface area contributed by atoms with E-state index in [1.165, 1.54) is 0 Å². The molecule has 1 aromatic heterocycles. The fourth-order valence-corrected chi connectivity index (χ4v) is 5.68. The van der Waals surface area contributed by atoms with Crippen molar-refractivity contribution >= 4 is 23.5 Å². The second-order valence-electron chi connectivity index (χ2n) is 10.6. The molecule has 11 heteroatoms. The summed E-state index contributed by atoms with van der Waals surface area (Å²) in [5.41, 5.74) is 1.57. The monoisotopic (exact) mass is 571 g/mol. The highest BCUT2D eigenvalue weighted by Gasteiger charge is 2.32. The lowest BCUT2D eigenvalue weighted by Crippen LogP contribution is -2.54. The van der Waals surface area contributed by atoms with Gasteiger partial charge in [0, 0.05) is 48.2 Å². The normalized spacial score (nSPS) is 21.4. The standard InChI is InChI=1S/C30H36F3N5O3/c1-2-40-29(39)36-22-8-5-7-20(17-22)27-18-34-28(41-27)37-26-11-4-3-10-25(26)35-23-9-6-16-38(19-23)24-14-12-21(13-15-24)30(31,32)33/h5,7-8,12-15,17-18,23,25-26,35H,2-4,6,9-11,16,19H2,1H3,(H,34,37)(H,36,39). The van der Waals surface area contributed by atoms with Gasteiger partial charge in [0.1, 0.15) is 0 Å². The van der Waals surface area contributed by atoms with Gasteiger partial charge < -0.3 is 24.7 Å². The first kappa shape index (κ1) is 28.8. The third kappa shape index (κ3) is 7.52. The number of amides is 1. The first-order valence-corrected chi connectivity index (χ1v) is 14.2. The number of halogens is 3. The van der Waals surface area contributed by atoms with E-state index in [9.17, 15) is 18.0 Å². The van der Waals surface area contributed by atoms with Crippen LogP contribution < -0.4 is 20.9 Å². The topological polar surface area (TPSA) is 91.7 Å². The maximum Gasteiger partial charge on any atom is 0.416 e. The van der Waals surface area contributed by atoms with E-state index in [2.05, 4.69) is 25.8 Å². The summed E-state index contributed by atoms with van der Waals surface area (Å²) >= 11 is 0. The molecule has 1 saturated carbocycles. The van der Waals surface area contributed by atoms with Crippen molar-refractivity contribution in [1.82, 2.24) is 10.3 Å². The first-order chi connectivity index (χ1) is 19.8. The summed E-state index contributed by atoms with van der Waals surface area (Å²) < 4.78 is 50.0. The SMILES string of the molecule is CCOC(=O)Nc1cccc(-c2cnc(NC3CCCCC3NC3CCCN(c4ccc(C(F)(F)F)cc4)C3)o2)c1. The van der Waals surface area contributed by atoms with Crippen LogP contribution in [0, 0.1) is 0 Å². The molecule has 2 aliphatic rings. The zero-order valence-electron chi connectivity index (χ0n) is 23.0. The molecule has 0 spiro atoms. The fourth-order valence-electron chi connectivity index (χ4n) is 5.68. The van der Waals surface area contributed by atoms with Gasteiger partial charge in [0.15, 0.2) is 5.76 Å². The Bertz CT molecular complexity index is 1300. The number of ether oxygens (including phenoxy) is 1. The van der Waals surface area contributed by atoms with Crippen molar-refractivity contribution in [3.05, 3.63) is 60.3 Å². The molecule has 1 amide bonds. The van der Waals surface area contributed by atoms with Crippen molar-refractivity contribution < 1.29 is 27.1 Å². The molecule has 1 saturated heterocycles. The Kier molecular flexibility index (Phi) is 9.02. The molecule has 3 N–H and O–H groups in total. The number of carbonyl (C=O) groups is 1. The summed E-state index contributed by atoms with van der Waals surface area (Å²) in [6.45, 7) is 3.61. The zero-order valence-corrected chi connectivity index (χ0v) is 23.0. The Labute approximate surface area is 237 Å². The summed E-state index contributed by atoms with van der Waals surface area (Å²) in [4.78, 5) is 18.4. The highest BCUT2D eigenvalue weighted by molar-refractivity contribution is 5.85. The molecule has 1 aliphatic heterocycles. The maximum atomic E-state index is 13.0. The number of hydrogen-bond acceptors (Lipinski definition) is 7. The molecule has 3 atom stereocenters. The molecule has 2 fully saturated rings. The predicted octanol–water partition coefficient (Wildman–Crippen LogP) is 6.91. The molecule has 0 bridgehead atoms. The fraction of sp³-hybridized carbons (Fsp3) is 0.467. The van der Waals surface area contributed by atoms with E-state index in [-0.39, 0.29) is 24.7 Å². The number of aromatic nitrogens is 1. The number of carbonyl (C=O) groups excluding carboxylic acids is 1. The highest BCUT2D eigenvalue weighted by atomic mass is 19.4. The quantitative estimate of drug-likeness (QED) is 0.271. The summed E-state index contributed by atoms with van der Waals surface area (Å²) in [5, 5.41) is 10.0. The van der Waals surface area contributed by atoms with Crippen LogP contribution in [0.4, 0.5) is 35.4 Å². The van der Waals surface area contributed by atoms with Crippen molar-refractivity contribution in [2.24, 2.45) is 0 Å². The average Bonchev–Trinajstić information content (AvgIpc) is 3.43. The number of anilines is 3. The minimum atomic E-state index is -4.33. The van der Waals surface area contributed by atoms with Crippen molar-refractivity contribution in [2.45, 2.75) is 69.8 Å². The molecular formula is C30H36F3N5O3. The van der Waals surface area contributed by atoms with Gasteiger partial charge in [-0.3, -0.25) is 5.32 Å². The van der Waals surface area contributed by atoms with E-state index in [0.717, 1.165) is 75.0 Å². The third-order valence-electron chi connectivity index (χ3n) is 7.68. The zero-order chi connectivity index (χ0) is 28.8. The van der Waals surface area contributed by atoms with Crippen LogP contribution in [-0.4, -0.2) is 48.9 Å². The predicted molar refractivity (Wildman–Crippen MR) is 152 cm³/mol. The Morgan fingerprint density at radius 2 is 1.85 bits per heavy atom. The Morgan fingerprint density at radius 1 is 1.07 bits per heavy atom. The van der Waals surface area contributed by atoms with Gasteiger partial charge in [0.25, 0.3) is 6.01 Å². The second-order valence-corrected chi connectivity index (χ2v) is 10.6. The van der Waals surface area contributed by atoms with Crippen LogP contribution in [0.25, 0.3) is 11.3 Å². The van der Waals surface area contributed by atoms with Crippen LogP contribution in [0.1, 0.15) is 51.0 Å². The summed E-state index contributed by atoms with van der Waals surface area (Å²) in [7, 11) is 0. The van der Waals surface area contributed by atoms with Gasteiger partial charge in [-0.05, 0) is 69.0 Å². The van der Waals surface area contributed by atoms with Crippen molar-refractivity contribution in [3.63, 3.8) is 0 Å². The number of piperidine rings is 1. The molecular weight excluding hydrogens is 535 g/mol. The molecule has 5 rings (SSSR count). The minimum absolute atomic E-state index is 0.133. The minimum Gasteiger partial charge on any atom is -0.450 e. The molecule has 8 nitrogen and oxygen atoms in total. The molecule has 3 aromatic rings. The van der Waals surface area contributed by atoms with Crippen LogP contribution in [0.5, 0.6) is 0 Å². The van der Waals surface area contributed by atoms with Gasteiger partial charge in [0.05, 0.1) is 18.4 Å². The number of hydrogen-bond donors (Lipinski definition) is 3. The van der Waals surface area contributed by atoms with E-state index in [1.54, 1.807) is 37.4 Å². The van der Waals surface area contributed by atoms with Gasteiger partial charge in [-0.1, -0.05) is 25.0 Å². The highest BCUT2D eigenvalue weighted by Crippen LogP contribution is 2.32. The largest absolute Gasteiger partial charge is 0.450 e. The smallest absolute Gasteiger partial charge is 0.416 e. The van der Waals surface area contributed by atoms with Gasteiger partial charge in [-0.25, -0.2) is 9.78 Å². The molecule has 220 valence electrons. The van der Waals surface area contributed by atoms with E-state index in [1.807, 2.05) is 12.1 Å². The van der Waals surface area contributed by atoms with Crippen LogP contribution in [0.3, 0.4) is 0 Å². The second kappa shape index (κ2) is 12.8. The number of nitrogens with zero attached hydrogens (tertiary/aromatic N) is 2. The van der Waals surface area contributed by atoms with E-state index in [4.69, 9.17) is 9.15 Å². The molecule has 0 radical (unpaired) electrons. The lowest BCUT2D eigenvalue weighted by Gasteiger charge is -2.40. The van der Waals surface area contributed by atoms with E-state index >= 15 is 0 Å². The summed E-state index contributed by atoms with van der Waals surface area (Å²) in [6.07, 6.45) is 3.03. The van der Waals surface area contributed by atoms with Crippen molar-refractivity contribution in [2.75, 3.05) is 35.2 Å². The lowest BCUT2D eigenvalue weighted by atomic mass is 9.89. The van der Waals surface area contributed by atoms with Crippen LogP contribution in [0.2, 0.25) is 0 Å². The van der Waals surface area contributed by atoms with Crippen LogP contribution in [0.15, 0.2) is 59.1 Å². The van der Waals surface area contributed by atoms with Crippen LogP contribution >= 0.6 is 0 Å². The van der Waals surface area contributed by atoms with Crippen molar-refractivity contribution in [1.29, 1.82) is 0 Å². The average molecular weight is 572 g/mol. The molecule has 1 aliphatic carbocycles. The van der Waals surface area contributed by atoms with Crippen molar-refractivity contribution in [3.8, 4) is 11.3 Å². The first-order valence-electron chi connectivity index (χ1n) is 14.2. The van der Waals surface area contributed by atoms with Gasteiger partial charge >= 0.3 is 12.3 Å². The maximum absolute atomic E-state index is 13.0. The Balaban J connectivity index is 1.20. The third-order valence-corrected chi connectivity index (χ3v) is 7.68. The number of alkyl halides is 3. The molecule has 41 heavy (non-hydrogen) atoms. The van der Waals surface area contributed by atoms with Gasteiger partial charge in [0.2, 0.25) is 0 Å². The van der Waals surface area contributed by atoms with E-state index < -0.39 is 17.8 Å². The number of nitrogens with one attached hydrogen (secondary N) is 3. The molecule has 2 heterocycles. The number of oxazole rings is 1. The Hall–Kier alpha value is -3.73. The number of benzene rings is 2. The van der Waals surface area contributed by atoms with Gasteiger partial charge in [-0.2, -0.15) is 13.2 Å². The number of rotatable bonds is 8. The van der Waals surface area contributed by atoms with Crippen LogP contribution in [-0.2, 0) is 10.9 Å². The Morgan fingerprint density at radius 3 is 2.61 bits per heavy atom. The molecule has 3 unspecified atom stereocenters. The van der Waals surface area contributed by atoms with E-state index in [0.29, 0.717) is 17.5 Å². The molecule has 2 aromatic carbocycles. The summed E-state index contributed by atoms with van der Waals surface area (Å²) in [6, 6.07) is 13.8.